The Hall–Kier alpha value is -2.03. The Balaban J connectivity index is 4.48. The normalized spacial score (nSPS) is 14.4. The molecule has 0 bridgehead atoms. The molecular weight excluding hydrogens is 617 g/mol. The van der Waals surface area contributed by atoms with E-state index in [-0.39, 0.29) is 26.1 Å². The van der Waals surface area contributed by atoms with Gasteiger partial charge in [-0.1, -0.05) is 127 Å². The monoisotopic (exact) mass is 684 g/mol. The predicted molar refractivity (Wildman–Crippen MR) is 192 cm³/mol. The highest BCUT2D eigenvalue weighted by atomic mass is 31.2. The molecule has 0 aliphatic carbocycles. The molecule has 0 saturated heterocycles. The number of unbranched alkanes of at least 4 members (excludes halogenated alkanes) is 12. The van der Waals surface area contributed by atoms with Gasteiger partial charge in [0.2, 0.25) is 0 Å². The maximum absolute atomic E-state index is 12.5. The van der Waals surface area contributed by atoms with Crippen LogP contribution in [0, 0.1) is 0 Å². The molecule has 9 nitrogen and oxygen atoms in total. The van der Waals surface area contributed by atoms with E-state index in [0.29, 0.717) is 23.9 Å². The quantitative estimate of drug-likeness (QED) is 0.0253. The molecule has 0 saturated carbocycles. The van der Waals surface area contributed by atoms with Crippen LogP contribution in [0.3, 0.4) is 0 Å². The summed E-state index contributed by atoms with van der Waals surface area (Å²) in [6.07, 6.45) is 31.7. The van der Waals surface area contributed by atoms with E-state index in [9.17, 15) is 19.0 Å². The maximum atomic E-state index is 12.5. The van der Waals surface area contributed by atoms with Crippen LogP contribution in [-0.2, 0) is 32.7 Å². The second-order valence-corrected chi connectivity index (χ2v) is 14.4. The summed E-state index contributed by atoms with van der Waals surface area (Å²) in [6, 6.07) is 0. The van der Waals surface area contributed by atoms with Gasteiger partial charge in [0.05, 0.1) is 27.7 Å². The third-order valence-corrected chi connectivity index (χ3v) is 8.20. The molecule has 1 unspecified atom stereocenters. The number of rotatable bonds is 31. The summed E-state index contributed by atoms with van der Waals surface area (Å²) >= 11 is 0. The van der Waals surface area contributed by atoms with Gasteiger partial charge in [-0.15, -0.1) is 0 Å². The highest BCUT2D eigenvalue weighted by Crippen LogP contribution is 2.43. The highest BCUT2D eigenvalue weighted by Gasteiger charge is 2.27. The van der Waals surface area contributed by atoms with E-state index < -0.39 is 32.5 Å². The number of allylic oxidation sites excluding steroid dienone is 8. The lowest BCUT2D eigenvalue weighted by atomic mass is 10.1. The lowest BCUT2D eigenvalue weighted by Gasteiger charge is -2.24. The molecule has 0 aromatic heterocycles. The largest absolute Gasteiger partial charge is 0.472 e. The van der Waals surface area contributed by atoms with Gasteiger partial charge >= 0.3 is 19.8 Å². The molecule has 0 radical (unpaired) electrons. The summed E-state index contributed by atoms with van der Waals surface area (Å²) in [7, 11) is 1.45. The van der Waals surface area contributed by atoms with Crippen molar-refractivity contribution < 1.29 is 42.1 Å². The topological polar surface area (TPSA) is 108 Å². The van der Waals surface area contributed by atoms with E-state index in [4.69, 9.17) is 18.5 Å². The first kappa shape index (κ1) is 45.0. The summed E-state index contributed by atoms with van der Waals surface area (Å²) in [6.45, 7) is 4.18. The van der Waals surface area contributed by atoms with Crippen molar-refractivity contribution in [3.63, 3.8) is 0 Å². The van der Waals surface area contributed by atoms with Crippen LogP contribution < -0.4 is 0 Å². The minimum absolute atomic E-state index is 0.0262. The fourth-order valence-corrected chi connectivity index (χ4v) is 5.12. The first-order valence-electron chi connectivity index (χ1n) is 17.9. The van der Waals surface area contributed by atoms with E-state index in [2.05, 4.69) is 32.1 Å². The van der Waals surface area contributed by atoms with E-state index in [1.807, 2.05) is 51.5 Å². The van der Waals surface area contributed by atoms with Gasteiger partial charge in [-0.3, -0.25) is 18.6 Å². The van der Waals surface area contributed by atoms with Gasteiger partial charge in [0.25, 0.3) is 0 Å². The van der Waals surface area contributed by atoms with Crippen LogP contribution in [0.5, 0.6) is 0 Å². The summed E-state index contributed by atoms with van der Waals surface area (Å²) in [5.74, 6) is -0.837. The molecule has 1 N–H and O–H groups in total. The average molecular weight is 685 g/mol. The number of hydrogen-bond acceptors (Lipinski definition) is 7. The third-order valence-electron chi connectivity index (χ3n) is 7.22. The minimum atomic E-state index is -4.37. The number of phosphoric ester groups is 1. The zero-order valence-electron chi connectivity index (χ0n) is 30.2. The number of likely N-dealkylation sites (N-methyl/N-ethyl adjacent to an activating group) is 1. The lowest BCUT2D eigenvalue weighted by Crippen LogP contribution is -2.37. The van der Waals surface area contributed by atoms with Crippen molar-refractivity contribution in [2.45, 2.75) is 129 Å². The van der Waals surface area contributed by atoms with Gasteiger partial charge in [-0.05, 0) is 32.1 Å². The highest BCUT2D eigenvalue weighted by molar-refractivity contribution is 7.47. The van der Waals surface area contributed by atoms with Crippen molar-refractivity contribution in [1.29, 1.82) is 0 Å². The van der Waals surface area contributed by atoms with Gasteiger partial charge in [0.15, 0.2) is 6.10 Å². The van der Waals surface area contributed by atoms with Gasteiger partial charge in [-0.25, -0.2) is 4.57 Å². The number of nitrogens with zero attached hydrogens (tertiary/aromatic N) is 1. The average Bonchev–Trinajstić information content (AvgIpc) is 3.01. The Morgan fingerprint density at radius 1 is 0.681 bits per heavy atom. The first-order chi connectivity index (χ1) is 22.5. The molecule has 0 fully saturated rings. The molecule has 0 aromatic carbocycles. The molecule has 0 heterocycles. The van der Waals surface area contributed by atoms with Gasteiger partial charge in [-0.2, -0.15) is 0 Å². The van der Waals surface area contributed by atoms with E-state index >= 15 is 0 Å². The Morgan fingerprint density at radius 3 is 1.81 bits per heavy atom. The van der Waals surface area contributed by atoms with Crippen molar-refractivity contribution in [1.82, 2.24) is 0 Å². The zero-order valence-corrected chi connectivity index (χ0v) is 31.1. The smallest absolute Gasteiger partial charge is 0.462 e. The number of carbonyl (C=O) groups is 2. The second-order valence-electron chi connectivity index (χ2n) is 13.0. The lowest BCUT2D eigenvalue weighted by molar-refractivity contribution is -0.870. The van der Waals surface area contributed by atoms with Crippen LogP contribution >= 0.6 is 7.82 Å². The molecule has 272 valence electrons. The summed E-state index contributed by atoms with van der Waals surface area (Å²) in [5.41, 5.74) is 0. The number of carbonyl (C=O) groups excluding carboxylic acids is 2. The van der Waals surface area contributed by atoms with Crippen LogP contribution in [-0.4, -0.2) is 74.9 Å². The molecule has 0 amide bonds. The fourth-order valence-electron chi connectivity index (χ4n) is 4.37. The SMILES string of the molecule is CC/C=C/C=C/C=C/C=C/CCCCCCCC(=O)OC[C@@H](COP(=O)(O)OCC[N+](C)(C)C)OC(=O)CCCCCCCCCC. The minimum Gasteiger partial charge on any atom is -0.462 e. The molecule has 0 aromatic rings. The number of quaternary nitrogens is 1. The second kappa shape index (κ2) is 30.1. The molecule has 47 heavy (non-hydrogen) atoms. The van der Waals surface area contributed by atoms with E-state index in [1.54, 1.807) is 0 Å². The van der Waals surface area contributed by atoms with Gasteiger partial charge in [0, 0.05) is 12.8 Å². The number of phosphoric acid groups is 1. The third kappa shape index (κ3) is 33.7. The van der Waals surface area contributed by atoms with Gasteiger partial charge < -0.3 is 18.9 Å². The molecule has 0 aliphatic rings. The molecule has 0 rings (SSSR count). The van der Waals surface area contributed by atoms with Crippen LogP contribution in [0.1, 0.15) is 123 Å². The van der Waals surface area contributed by atoms with Crippen molar-refractivity contribution in [2.24, 2.45) is 0 Å². The number of ether oxygens (including phenoxy) is 2. The van der Waals surface area contributed by atoms with Crippen molar-refractivity contribution in [3.8, 4) is 0 Å². The van der Waals surface area contributed by atoms with Crippen molar-refractivity contribution in [2.75, 3.05) is 47.5 Å². The Labute approximate surface area is 286 Å². The van der Waals surface area contributed by atoms with Crippen LogP contribution in [0.25, 0.3) is 0 Å². The van der Waals surface area contributed by atoms with Crippen molar-refractivity contribution >= 4 is 19.8 Å². The van der Waals surface area contributed by atoms with E-state index in [1.165, 1.54) is 25.7 Å². The molecule has 0 spiro atoms. The van der Waals surface area contributed by atoms with Crippen LogP contribution in [0.4, 0.5) is 0 Å². The Bertz CT molecular complexity index is 954. The van der Waals surface area contributed by atoms with Crippen molar-refractivity contribution in [3.05, 3.63) is 48.6 Å². The molecule has 2 atom stereocenters. The summed E-state index contributed by atoms with van der Waals surface area (Å²) in [5, 5.41) is 0. The van der Waals surface area contributed by atoms with Crippen LogP contribution in [0.2, 0.25) is 0 Å². The summed E-state index contributed by atoms with van der Waals surface area (Å²) in [4.78, 5) is 35.0. The summed E-state index contributed by atoms with van der Waals surface area (Å²) < 4.78 is 34.0. The Morgan fingerprint density at radius 2 is 1.21 bits per heavy atom. The zero-order chi connectivity index (χ0) is 35.1. The number of esters is 2. The Kier molecular flexibility index (Phi) is 28.8. The van der Waals surface area contributed by atoms with Gasteiger partial charge in [0.1, 0.15) is 19.8 Å². The number of hydrogen-bond donors (Lipinski definition) is 1. The predicted octanol–water partition coefficient (Wildman–Crippen LogP) is 9.18. The first-order valence-corrected chi connectivity index (χ1v) is 19.4. The van der Waals surface area contributed by atoms with E-state index in [0.717, 1.165) is 57.8 Å². The fraction of sp³-hybridized carbons (Fsp3) is 0.730. The molecule has 10 heteroatoms. The molecule has 0 aliphatic heterocycles. The maximum Gasteiger partial charge on any atom is 0.472 e. The molecular formula is C37H67NO8P+. The van der Waals surface area contributed by atoms with Crippen LogP contribution in [0.15, 0.2) is 48.6 Å². The standard InChI is InChI=1S/C37H66NO8P/c1-6-8-10-12-14-16-17-18-19-20-21-22-24-25-27-29-36(39)43-33-35(34-45-47(41,42)44-32-31-38(3,4)5)46-37(40)30-28-26-23-15-13-11-9-7-2/h8,10,12,14,16-19,35H,6-7,9,11,13,15,20-34H2,1-5H3/p+1/b10-8+,14-12+,17-16+,19-18+/t35-/m0/s1.